The van der Waals surface area contributed by atoms with E-state index in [1.165, 1.54) is 0 Å². The van der Waals surface area contributed by atoms with E-state index in [0.29, 0.717) is 0 Å². The molecule has 0 saturated heterocycles. The molecule has 5 heteroatoms. The normalized spacial score (nSPS) is 19.4. The molecule has 3 nitrogen and oxygen atoms in total. The van der Waals surface area contributed by atoms with Gasteiger partial charge in [0.2, 0.25) is 5.82 Å². The summed E-state index contributed by atoms with van der Waals surface area (Å²) >= 11 is 0. The lowest BCUT2D eigenvalue weighted by molar-refractivity contribution is 0.0690. The molecule has 2 rings (SSSR count). The summed E-state index contributed by atoms with van der Waals surface area (Å²) in [6, 6.07) is -0.508. The van der Waals surface area contributed by atoms with Gasteiger partial charge in [-0.2, -0.15) is 4.39 Å². The van der Waals surface area contributed by atoms with E-state index in [4.69, 9.17) is 11.2 Å². The largest absolute Gasteiger partial charge is 0.489 e. The smallest absolute Gasteiger partial charge is 0.338 e. The van der Waals surface area contributed by atoms with Gasteiger partial charge in [-0.15, -0.1) is 0 Å². The number of halogens is 2. The molecule has 1 aliphatic heterocycles. The summed E-state index contributed by atoms with van der Waals surface area (Å²) in [6.07, 6.45) is 0. The Hall–Kier alpha value is -1.65. The van der Waals surface area contributed by atoms with Crippen LogP contribution in [-0.2, 0) is 0 Å². The first-order chi connectivity index (χ1) is 7.45. The Morgan fingerprint density at radius 3 is 2.93 bits per heavy atom. The minimum absolute atomic E-state index is 0.122. The first-order valence-electron chi connectivity index (χ1n) is 4.82. The molecule has 0 fully saturated rings. The number of aromatic carboxylic acids is 1. The quantitative estimate of drug-likeness (QED) is 0.780. The van der Waals surface area contributed by atoms with Gasteiger partial charge < -0.3 is 9.84 Å². The van der Waals surface area contributed by atoms with Crippen LogP contribution in [0.15, 0.2) is 6.04 Å². The predicted octanol–water partition coefficient (Wildman–Crippen LogP) is 2.16. The molecule has 0 aromatic heterocycles. The first kappa shape index (κ1) is 8.64. The highest BCUT2D eigenvalue weighted by molar-refractivity contribution is 5.88. The number of carbonyl (C=O) groups is 1. The van der Waals surface area contributed by atoms with Crippen molar-refractivity contribution < 1.29 is 24.8 Å². The van der Waals surface area contributed by atoms with Crippen molar-refractivity contribution in [3.8, 4) is 5.75 Å². The summed E-state index contributed by atoms with van der Waals surface area (Å²) < 4.78 is 39.2. The fourth-order valence-electron chi connectivity index (χ4n) is 1.50. The van der Waals surface area contributed by atoms with E-state index in [1.807, 2.05) is 0 Å². The van der Waals surface area contributed by atoms with Crippen molar-refractivity contribution in [3.05, 3.63) is 28.8 Å². The minimum Gasteiger partial charge on any atom is -0.489 e. The molecule has 0 bridgehead atoms. The van der Waals surface area contributed by atoms with Gasteiger partial charge in [0.1, 0.15) is 0 Å². The van der Waals surface area contributed by atoms with Crippen LogP contribution in [0.3, 0.4) is 0 Å². The van der Waals surface area contributed by atoms with Crippen LogP contribution in [0.1, 0.15) is 30.1 Å². The lowest BCUT2D eigenvalue weighted by Crippen LogP contribution is -2.04. The SMILES string of the molecule is [2H]c1c(C(=O)O)c(F)c(F)c2c1C(C)CO2. The van der Waals surface area contributed by atoms with E-state index < -0.39 is 29.2 Å². The minimum atomic E-state index is -1.65. The topological polar surface area (TPSA) is 46.5 Å². The molecule has 1 aromatic rings. The molecule has 80 valence electrons. The molecule has 0 aliphatic carbocycles. The molecule has 1 atom stereocenters. The van der Waals surface area contributed by atoms with Crippen molar-refractivity contribution in [2.75, 3.05) is 6.61 Å². The van der Waals surface area contributed by atoms with Crippen LogP contribution in [-0.4, -0.2) is 17.7 Å². The third-order valence-electron chi connectivity index (χ3n) is 2.30. The van der Waals surface area contributed by atoms with Crippen molar-refractivity contribution in [1.82, 2.24) is 0 Å². The Morgan fingerprint density at radius 2 is 2.33 bits per heavy atom. The van der Waals surface area contributed by atoms with Gasteiger partial charge in [-0.25, -0.2) is 9.18 Å². The second kappa shape index (κ2) is 3.18. The lowest BCUT2D eigenvalue weighted by atomic mass is 10.0. The van der Waals surface area contributed by atoms with Crippen LogP contribution in [0.5, 0.6) is 5.75 Å². The zero-order valence-electron chi connectivity index (χ0n) is 8.80. The monoisotopic (exact) mass is 215 g/mol. The third kappa shape index (κ3) is 1.35. The summed E-state index contributed by atoms with van der Waals surface area (Å²) in [5, 5.41) is 8.72. The number of rotatable bonds is 1. The zero-order valence-corrected chi connectivity index (χ0v) is 7.80. The average molecular weight is 215 g/mol. The molecular formula is C10H8F2O3. The number of benzene rings is 1. The van der Waals surface area contributed by atoms with E-state index in [0.717, 1.165) is 0 Å². The zero-order chi connectivity index (χ0) is 12.0. The molecular weight excluding hydrogens is 206 g/mol. The van der Waals surface area contributed by atoms with Gasteiger partial charge in [-0.1, -0.05) is 6.92 Å². The summed E-state index contributed by atoms with van der Waals surface area (Å²) in [5.41, 5.74) is -0.815. The molecule has 15 heavy (non-hydrogen) atoms. The maximum Gasteiger partial charge on any atom is 0.338 e. The number of ether oxygens (including phenoxy) is 1. The summed E-state index contributed by atoms with van der Waals surface area (Å²) in [4.78, 5) is 10.7. The highest BCUT2D eigenvalue weighted by Crippen LogP contribution is 2.38. The van der Waals surface area contributed by atoms with Crippen LogP contribution in [0.4, 0.5) is 8.78 Å². The van der Waals surface area contributed by atoms with E-state index in [-0.39, 0.29) is 23.8 Å². The third-order valence-corrected chi connectivity index (χ3v) is 2.30. The maximum atomic E-state index is 13.4. The van der Waals surface area contributed by atoms with Gasteiger partial charge in [0, 0.05) is 11.5 Å². The number of carboxylic acid groups (broad SMARTS) is 1. The first-order valence-corrected chi connectivity index (χ1v) is 4.32. The van der Waals surface area contributed by atoms with Crippen LogP contribution in [0.2, 0.25) is 0 Å². The molecule has 0 saturated carbocycles. The Kier molecular flexibility index (Phi) is 1.83. The summed E-state index contributed by atoms with van der Waals surface area (Å²) in [6.45, 7) is 1.79. The van der Waals surface area contributed by atoms with Gasteiger partial charge >= 0.3 is 5.97 Å². The Balaban J connectivity index is 2.81. The van der Waals surface area contributed by atoms with Crippen molar-refractivity contribution in [2.24, 2.45) is 0 Å². The fraction of sp³-hybridized carbons (Fsp3) is 0.300. The van der Waals surface area contributed by atoms with Crippen LogP contribution < -0.4 is 4.74 Å². The van der Waals surface area contributed by atoms with E-state index >= 15 is 0 Å². The summed E-state index contributed by atoms with van der Waals surface area (Å²) in [5.74, 6) is -5.16. The van der Waals surface area contributed by atoms with Crippen LogP contribution >= 0.6 is 0 Å². The molecule has 0 spiro atoms. The highest BCUT2D eigenvalue weighted by Gasteiger charge is 2.29. The lowest BCUT2D eigenvalue weighted by Gasteiger charge is -2.05. The molecule has 0 amide bonds. The number of hydrogen-bond donors (Lipinski definition) is 1. The second-order valence-corrected chi connectivity index (χ2v) is 3.39. The fourth-order valence-corrected chi connectivity index (χ4v) is 1.50. The second-order valence-electron chi connectivity index (χ2n) is 3.39. The van der Waals surface area contributed by atoms with Crippen LogP contribution in [0, 0.1) is 11.6 Å². The molecule has 1 aromatic carbocycles. The Bertz CT molecular complexity index is 488. The van der Waals surface area contributed by atoms with Crippen molar-refractivity contribution in [2.45, 2.75) is 12.8 Å². The van der Waals surface area contributed by atoms with Gasteiger partial charge in [0.05, 0.1) is 13.5 Å². The van der Waals surface area contributed by atoms with Gasteiger partial charge in [0.25, 0.3) is 0 Å². The van der Waals surface area contributed by atoms with E-state index in [2.05, 4.69) is 0 Å². The molecule has 1 N–H and O–H groups in total. The average Bonchev–Trinajstić information content (AvgIpc) is 2.57. The highest BCUT2D eigenvalue weighted by atomic mass is 19.2. The standard InChI is InChI=1S/C10H8F2O3/c1-4-3-15-9-5(4)2-6(10(13)14)7(11)8(9)12/h2,4H,3H2,1H3,(H,13,14)/i2D. The molecule has 1 heterocycles. The predicted molar refractivity (Wildman–Crippen MR) is 47.2 cm³/mol. The molecule has 0 radical (unpaired) electrons. The summed E-state index contributed by atoms with van der Waals surface area (Å²) in [7, 11) is 0. The number of hydrogen-bond acceptors (Lipinski definition) is 2. The van der Waals surface area contributed by atoms with Crippen LogP contribution in [0.25, 0.3) is 0 Å². The van der Waals surface area contributed by atoms with Crippen molar-refractivity contribution in [3.63, 3.8) is 0 Å². The number of fused-ring (bicyclic) bond motifs is 1. The molecule has 1 unspecified atom stereocenters. The number of carboxylic acids is 1. The van der Waals surface area contributed by atoms with Gasteiger partial charge in [0.15, 0.2) is 11.6 Å². The van der Waals surface area contributed by atoms with Gasteiger partial charge in [-0.3, -0.25) is 0 Å². The van der Waals surface area contributed by atoms with Crippen molar-refractivity contribution in [1.29, 1.82) is 0 Å². The Labute approximate surface area is 85.7 Å². The Morgan fingerprint density at radius 1 is 1.67 bits per heavy atom. The van der Waals surface area contributed by atoms with Crippen molar-refractivity contribution >= 4 is 5.97 Å². The van der Waals surface area contributed by atoms with Gasteiger partial charge in [-0.05, 0) is 6.04 Å². The molecule has 1 aliphatic rings. The maximum absolute atomic E-state index is 13.4. The van der Waals surface area contributed by atoms with E-state index in [9.17, 15) is 13.6 Å². The van der Waals surface area contributed by atoms with E-state index in [1.54, 1.807) is 6.92 Å².